The molecule has 4 rings (SSSR count). The monoisotopic (exact) mass is 465 g/mol. The van der Waals surface area contributed by atoms with Crippen LogP contribution < -0.4 is 14.8 Å². The van der Waals surface area contributed by atoms with Crippen molar-refractivity contribution in [3.05, 3.63) is 59.3 Å². The highest BCUT2D eigenvalue weighted by Crippen LogP contribution is 2.26. The second kappa shape index (κ2) is 11.1. The minimum absolute atomic E-state index is 0.0267. The minimum Gasteiger partial charge on any atom is -0.497 e. The summed E-state index contributed by atoms with van der Waals surface area (Å²) in [7, 11) is 1.64. The number of nitrogens with zero attached hydrogens (tertiary/aromatic N) is 1. The van der Waals surface area contributed by atoms with Gasteiger partial charge in [-0.2, -0.15) is 0 Å². The number of ether oxygens (including phenoxy) is 2. The number of methoxy groups -OCH3 is 1. The molecule has 8 nitrogen and oxygen atoms in total. The molecular formula is C26H31N3O5. The van der Waals surface area contributed by atoms with E-state index in [-0.39, 0.29) is 18.9 Å². The van der Waals surface area contributed by atoms with Gasteiger partial charge in [0.05, 0.1) is 26.7 Å². The molecule has 0 unspecified atom stereocenters. The van der Waals surface area contributed by atoms with Crippen LogP contribution in [0.4, 0.5) is 0 Å². The van der Waals surface area contributed by atoms with Gasteiger partial charge in [0.15, 0.2) is 0 Å². The fourth-order valence-corrected chi connectivity index (χ4v) is 4.29. The van der Waals surface area contributed by atoms with Crippen LogP contribution in [-0.4, -0.2) is 53.7 Å². The number of aromatic nitrogens is 1. The van der Waals surface area contributed by atoms with E-state index in [1.165, 1.54) is 0 Å². The number of fused-ring (bicyclic) bond motifs is 2. The highest BCUT2D eigenvalue weighted by Gasteiger charge is 2.17. The highest BCUT2D eigenvalue weighted by molar-refractivity contribution is 5.82. The Morgan fingerprint density at radius 2 is 2.00 bits per heavy atom. The van der Waals surface area contributed by atoms with E-state index in [0.29, 0.717) is 31.8 Å². The number of benzene rings is 2. The van der Waals surface area contributed by atoms with Gasteiger partial charge in [-0.15, -0.1) is 0 Å². The maximum atomic E-state index is 12.7. The summed E-state index contributed by atoms with van der Waals surface area (Å²) in [5, 5.41) is 13.3. The van der Waals surface area contributed by atoms with E-state index in [1.54, 1.807) is 13.2 Å². The molecule has 0 bridgehead atoms. The molecular weight excluding hydrogens is 434 g/mol. The summed E-state index contributed by atoms with van der Waals surface area (Å²) in [5.41, 5.74) is 3.56. The minimum atomic E-state index is -0.879. The second-order valence-electron chi connectivity index (χ2n) is 8.66. The number of aromatic amines is 1. The third-order valence-electron chi connectivity index (χ3n) is 5.92. The molecule has 0 saturated heterocycles. The fourth-order valence-electron chi connectivity index (χ4n) is 4.29. The molecule has 2 aromatic carbocycles. The molecule has 34 heavy (non-hydrogen) atoms. The number of carboxylic acids is 1. The maximum absolute atomic E-state index is 12.7. The molecule has 0 radical (unpaired) electrons. The number of hydrogen-bond acceptors (Lipinski definition) is 5. The first-order valence-corrected chi connectivity index (χ1v) is 11.6. The summed E-state index contributed by atoms with van der Waals surface area (Å²) in [6.45, 7) is 2.43. The van der Waals surface area contributed by atoms with Crippen LogP contribution in [0.1, 0.15) is 36.1 Å². The van der Waals surface area contributed by atoms with Crippen molar-refractivity contribution in [1.29, 1.82) is 0 Å². The van der Waals surface area contributed by atoms with Crippen molar-refractivity contribution in [2.75, 3.05) is 26.8 Å². The average Bonchev–Trinajstić information content (AvgIpc) is 3.20. The van der Waals surface area contributed by atoms with Gasteiger partial charge in [-0.3, -0.25) is 14.5 Å². The number of carboxylic acid groups (broad SMARTS) is 1. The first-order valence-electron chi connectivity index (χ1n) is 11.6. The molecule has 1 aliphatic rings. The molecule has 2 heterocycles. The van der Waals surface area contributed by atoms with Gasteiger partial charge in [0.1, 0.15) is 11.5 Å². The largest absolute Gasteiger partial charge is 0.497 e. The zero-order chi connectivity index (χ0) is 23.9. The Labute approximate surface area is 198 Å². The highest BCUT2D eigenvalue weighted by atomic mass is 16.5. The predicted molar refractivity (Wildman–Crippen MR) is 129 cm³/mol. The third-order valence-corrected chi connectivity index (χ3v) is 5.92. The van der Waals surface area contributed by atoms with Crippen LogP contribution in [0, 0.1) is 0 Å². The van der Waals surface area contributed by atoms with Crippen LogP contribution in [-0.2, 0) is 29.1 Å². The summed E-state index contributed by atoms with van der Waals surface area (Å²) in [6.07, 6.45) is 2.71. The Kier molecular flexibility index (Phi) is 7.69. The van der Waals surface area contributed by atoms with Crippen LogP contribution in [0.25, 0.3) is 10.9 Å². The maximum Gasteiger partial charge on any atom is 0.307 e. The van der Waals surface area contributed by atoms with Crippen LogP contribution in [0.15, 0.2) is 42.5 Å². The van der Waals surface area contributed by atoms with Crippen molar-refractivity contribution in [3.63, 3.8) is 0 Å². The Hall–Kier alpha value is -3.52. The van der Waals surface area contributed by atoms with Gasteiger partial charge in [-0.1, -0.05) is 12.1 Å². The SMILES string of the molecule is COc1ccc2[nH]c(CN3CC(=O)NCCCCCOc4ccc(CC(=O)O)cc4C3)cc2c1. The van der Waals surface area contributed by atoms with Gasteiger partial charge in [-0.25, -0.2) is 0 Å². The van der Waals surface area contributed by atoms with E-state index in [1.807, 2.05) is 35.2 Å². The van der Waals surface area contributed by atoms with Crippen molar-refractivity contribution in [1.82, 2.24) is 15.2 Å². The molecule has 8 heteroatoms. The molecule has 0 atom stereocenters. The summed E-state index contributed by atoms with van der Waals surface area (Å²) in [6, 6.07) is 13.5. The van der Waals surface area contributed by atoms with Crippen LogP contribution in [0.2, 0.25) is 0 Å². The Morgan fingerprint density at radius 1 is 1.12 bits per heavy atom. The lowest BCUT2D eigenvalue weighted by Crippen LogP contribution is -2.37. The number of H-pyrrole nitrogens is 1. The van der Waals surface area contributed by atoms with Crippen molar-refractivity contribution in [2.24, 2.45) is 0 Å². The average molecular weight is 466 g/mol. The van der Waals surface area contributed by atoms with Crippen molar-refractivity contribution >= 4 is 22.8 Å². The van der Waals surface area contributed by atoms with Gasteiger partial charge in [0.2, 0.25) is 5.91 Å². The van der Waals surface area contributed by atoms with E-state index in [9.17, 15) is 14.7 Å². The van der Waals surface area contributed by atoms with E-state index in [4.69, 9.17) is 9.47 Å². The van der Waals surface area contributed by atoms with Gasteiger partial charge in [0.25, 0.3) is 0 Å². The molecule has 0 aliphatic carbocycles. The third kappa shape index (κ3) is 6.29. The molecule has 1 aliphatic heterocycles. The van der Waals surface area contributed by atoms with Gasteiger partial charge >= 0.3 is 5.97 Å². The normalized spacial score (nSPS) is 15.9. The van der Waals surface area contributed by atoms with Crippen LogP contribution in [0.5, 0.6) is 11.5 Å². The molecule has 180 valence electrons. The Morgan fingerprint density at radius 3 is 2.82 bits per heavy atom. The summed E-state index contributed by atoms with van der Waals surface area (Å²) < 4.78 is 11.4. The van der Waals surface area contributed by atoms with E-state index >= 15 is 0 Å². The smallest absolute Gasteiger partial charge is 0.307 e. The molecule has 0 saturated carbocycles. The molecule has 0 fully saturated rings. The lowest BCUT2D eigenvalue weighted by Gasteiger charge is -2.23. The van der Waals surface area contributed by atoms with E-state index in [2.05, 4.69) is 16.4 Å². The number of rotatable bonds is 5. The molecule has 3 aromatic rings. The quantitative estimate of drug-likeness (QED) is 0.533. The number of carbonyl (C=O) groups is 2. The Bertz CT molecular complexity index is 1160. The molecule has 1 amide bonds. The number of nitrogens with one attached hydrogen (secondary N) is 2. The fraction of sp³-hybridized carbons (Fsp3) is 0.385. The zero-order valence-electron chi connectivity index (χ0n) is 19.4. The molecule has 1 aromatic heterocycles. The van der Waals surface area contributed by atoms with Gasteiger partial charge < -0.3 is 24.9 Å². The molecule has 0 spiro atoms. The summed E-state index contributed by atoms with van der Waals surface area (Å²) in [5.74, 6) is 0.619. The van der Waals surface area contributed by atoms with Crippen molar-refractivity contribution in [2.45, 2.75) is 38.8 Å². The number of amides is 1. The second-order valence-corrected chi connectivity index (χ2v) is 8.66. The van der Waals surface area contributed by atoms with E-state index in [0.717, 1.165) is 52.9 Å². The number of carbonyl (C=O) groups excluding carboxylic acids is 1. The van der Waals surface area contributed by atoms with E-state index < -0.39 is 5.97 Å². The van der Waals surface area contributed by atoms with Crippen molar-refractivity contribution in [3.8, 4) is 11.5 Å². The topological polar surface area (TPSA) is 104 Å². The number of aliphatic carboxylic acids is 1. The lowest BCUT2D eigenvalue weighted by molar-refractivity contribution is -0.136. The lowest BCUT2D eigenvalue weighted by atomic mass is 10.1. The zero-order valence-corrected chi connectivity index (χ0v) is 19.4. The van der Waals surface area contributed by atoms with Gasteiger partial charge in [-0.05, 0) is 55.2 Å². The molecule has 3 N–H and O–H groups in total. The van der Waals surface area contributed by atoms with Crippen molar-refractivity contribution < 1.29 is 24.2 Å². The first kappa shape index (κ1) is 23.6. The van der Waals surface area contributed by atoms with Crippen LogP contribution in [0.3, 0.4) is 0 Å². The van der Waals surface area contributed by atoms with Gasteiger partial charge in [0, 0.05) is 41.8 Å². The Balaban J connectivity index is 1.62. The first-order chi connectivity index (χ1) is 16.5. The van der Waals surface area contributed by atoms with Crippen LogP contribution >= 0.6 is 0 Å². The summed E-state index contributed by atoms with van der Waals surface area (Å²) >= 11 is 0. The summed E-state index contributed by atoms with van der Waals surface area (Å²) in [4.78, 5) is 29.4. The predicted octanol–water partition coefficient (Wildman–Crippen LogP) is 3.48. The number of hydrogen-bond donors (Lipinski definition) is 3. The standard InChI is InChI=1S/C26H31N3O5/c1-33-22-6-7-23-19(14-22)13-21(28-23)16-29-15-20-11-18(12-26(31)32)5-8-24(20)34-10-4-2-3-9-27-25(30)17-29/h5-8,11,13-14,28H,2-4,9-10,12,15-17H2,1H3,(H,27,30)(H,31,32).